The summed E-state index contributed by atoms with van der Waals surface area (Å²) in [7, 11) is 0. The van der Waals surface area contributed by atoms with Gasteiger partial charge in [-0.05, 0) is 63.7 Å². The van der Waals surface area contributed by atoms with Crippen LogP contribution in [-0.4, -0.2) is 42.9 Å². The van der Waals surface area contributed by atoms with Gasteiger partial charge in [0.15, 0.2) is 0 Å². The van der Waals surface area contributed by atoms with E-state index in [0.717, 1.165) is 32.1 Å². The number of hydrogen-bond acceptors (Lipinski definition) is 6. The van der Waals surface area contributed by atoms with E-state index in [1.54, 1.807) is 0 Å². The Morgan fingerprint density at radius 3 is 1.74 bits per heavy atom. The van der Waals surface area contributed by atoms with Gasteiger partial charge in [0.25, 0.3) is 0 Å². The molecule has 0 aliphatic heterocycles. The summed E-state index contributed by atoms with van der Waals surface area (Å²) < 4.78 is 10.7. The van der Waals surface area contributed by atoms with E-state index < -0.39 is 17.9 Å². The zero-order valence-corrected chi connectivity index (χ0v) is 20.3. The molecule has 0 radical (unpaired) electrons. The second-order valence-electron chi connectivity index (χ2n) is 9.11. The SMILES string of the molecule is CCC(CC(C)C)C(=O)OCCCCCCOC(=O)C(CC(C)C)NC(=O)CC(C)=O. The van der Waals surface area contributed by atoms with Crippen LogP contribution in [0.3, 0.4) is 0 Å². The maximum atomic E-state index is 12.3. The second-order valence-corrected chi connectivity index (χ2v) is 9.11. The van der Waals surface area contributed by atoms with Crippen molar-refractivity contribution in [1.29, 1.82) is 0 Å². The van der Waals surface area contributed by atoms with E-state index >= 15 is 0 Å². The second kappa shape index (κ2) is 16.7. The van der Waals surface area contributed by atoms with E-state index in [1.165, 1.54) is 6.92 Å². The van der Waals surface area contributed by atoms with Crippen LogP contribution in [0.4, 0.5) is 0 Å². The summed E-state index contributed by atoms with van der Waals surface area (Å²) in [6, 6.07) is -0.733. The van der Waals surface area contributed by atoms with Gasteiger partial charge in [0, 0.05) is 0 Å². The summed E-state index contributed by atoms with van der Waals surface area (Å²) in [5.74, 6) is -0.612. The average molecular weight is 442 g/mol. The molecule has 0 rings (SSSR count). The maximum Gasteiger partial charge on any atom is 0.328 e. The lowest BCUT2D eigenvalue weighted by Gasteiger charge is -2.19. The molecule has 2 atom stereocenters. The lowest BCUT2D eigenvalue weighted by Crippen LogP contribution is -2.43. The highest BCUT2D eigenvalue weighted by Crippen LogP contribution is 2.17. The molecular formula is C24H43NO6. The topological polar surface area (TPSA) is 98.8 Å². The third-order valence-electron chi connectivity index (χ3n) is 4.85. The molecule has 0 fully saturated rings. The number of rotatable bonds is 17. The van der Waals surface area contributed by atoms with Crippen molar-refractivity contribution in [3.8, 4) is 0 Å². The van der Waals surface area contributed by atoms with Crippen LogP contribution in [0.1, 0.15) is 92.9 Å². The standard InChI is InChI=1S/C24H43NO6/c1-7-20(14-17(2)3)23(28)30-12-10-8-9-11-13-31-24(29)21(15-18(4)5)25-22(27)16-19(6)26/h17-18,20-21H,7-16H2,1-6H3,(H,25,27). The van der Waals surface area contributed by atoms with Crippen molar-refractivity contribution in [3.63, 3.8) is 0 Å². The summed E-state index contributed by atoms with van der Waals surface area (Å²) in [6.07, 6.45) is 5.13. The van der Waals surface area contributed by atoms with Gasteiger partial charge in [-0.3, -0.25) is 14.4 Å². The Labute approximate surface area is 188 Å². The van der Waals surface area contributed by atoms with Gasteiger partial charge in [0.05, 0.1) is 25.6 Å². The van der Waals surface area contributed by atoms with Crippen molar-refractivity contribution in [2.75, 3.05) is 13.2 Å². The molecule has 1 N–H and O–H groups in total. The van der Waals surface area contributed by atoms with Crippen molar-refractivity contribution >= 4 is 23.6 Å². The Morgan fingerprint density at radius 1 is 0.774 bits per heavy atom. The van der Waals surface area contributed by atoms with E-state index in [2.05, 4.69) is 19.2 Å². The summed E-state index contributed by atoms with van der Waals surface area (Å²) in [5, 5.41) is 2.60. The molecule has 7 heteroatoms. The number of nitrogens with one attached hydrogen (secondary N) is 1. The van der Waals surface area contributed by atoms with E-state index in [9.17, 15) is 19.2 Å². The van der Waals surface area contributed by atoms with Gasteiger partial charge in [-0.25, -0.2) is 4.79 Å². The molecule has 0 aromatic heterocycles. The van der Waals surface area contributed by atoms with Gasteiger partial charge in [-0.15, -0.1) is 0 Å². The third kappa shape index (κ3) is 15.5. The number of ether oxygens (including phenoxy) is 2. The Hall–Kier alpha value is -1.92. The van der Waals surface area contributed by atoms with Crippen LogP contribution in [0.5, 0.6) is 0 Å². The predicted molar refractivity (Wildman–Crippen MR) is 120 cm³/mol. The highest BCUT2D eigenvalue weighted by Gasteiger charge is 2.23. The first-order valence-corrected chi connectivity index (χ1v) is 11.7. The van der Waals surface area contributed by atoms with Gasteiger partial charge in [-0.2, -0.15) is 0 Å². The molecule has 31 heavy (non-hydrogen) atoms. The zero-order valence-electron chi connectivity index (χ0n) is 20.3. The van der Waals surface area contributed by atoms with Crippen molar-refractivity contribution in [2.24, 2.45) is 17.8 Å². The maximum absolute atomic E-state index is 12.3. The molecular weight excluding hydrogens is 398 g/mol. The molecule has 2 unspecified atom stereocenters. The minimum Gasteiger partial charge on any atom is -0.465 e. The quantitative estimate of drug-likeness (QED) is 0.206. The van der Waals surface area contributed by atoms with E-state index in [-0.39, 0.29) is 36.6 Å². The molecule has 0 bridgehead atoms. The highest BCUT2D eigenvalue weighted by molar-refractivity contribution is 5.98. The molecule has 0 aromatic carbocycles. The number of esters is 2. The molecule has 0 heterocycles. The number of amides is 1. The van der Waals surface area contributed by atoms with Gasteiger partial charge in [0.2, 0.25) is 5.91 Å². The first-order valence-electron chi connectivity index (χ1n) is 11.7. The molecule has 0 saturated heterocycles. The Bertz CT molecular complexity index is 558. The fourth-order valence-electron chi connectivity index (χ4n) is 3.28. The minimum atomic E-state index is -0.733. The third-order valence-corrected chi connectivity index (χ3v) is 4.85. The lowest BCUT2D eigenvalue weighted by molar-refractivity contribution is -0.150. The van der Waals surface area contributed by atoms with Crippen LogP contribution in [0.15, 0.2) is 0 Å². The molecule has 180 valence electrons. The first-order chi connectivity index (χ1) is 14.6. The van der Waals surface area contributed by atoms with E-state index in [1.807, 2.05) is 20.8 Å². The van der Waals surface area contributed by atoms with Gasteiger partial charge < -0.3 is 14.8 Å². The smallest absolute Gasteiger partial charge is 0.328 e. The van der Waals surface area contributed by atoms with Crippen LogP contribution in [0, 0.1) is 17.8 Å². The molecule has 0 saturated carbocycles. The largest absolute Gasteiger partial charge is 0.465 e. The average Bonchev–Trinajstić information content (AvgIpc) is 2.65. The Morgan fingerprint density at radius 2 is 1.29 bits per heavy atom. The van der Waals surface area contributed by atoms with Crippen molar-refractivity contribution in [3.05, 3.63) is 0 Å². The zero-order chi connectivity index (χ0) is 23.8. The number of hydrogen-bond donors (Lipinski definition) is 1. The normalized spacial score (nSPS) is 13.0. The summed E-state index contributed by atoms with van der Waals surface area (Å²) >= 11 is 0. The van der Waals surface area contributed by atoms with Crippen molar-refractivity contribution in [1.82, 2.24) is 5.32 Å². The molecule has 0 aliphatic rings. The summed E-state index contributed by atoms with van der Waals surface area (Å²) in [5.41, 5.74) is 0. The molecule has 7 nitrogen and oxygen atoms in total. The molecule has 1 amide bonds. The molecule has 0 spiro atoms. The minimum absolute atomic E-state index is 0.0193. The van der Waals surface area contributed by atoms with Crippen LogP contribution >= 0.6 is 0 Å². The summed E-state index contributed by atoms with van der Waals surface area (Å²) in [6.45, 7) is 12.2. The number of carbonyl (C=O) groups excluding carboxylic acids is 4. The van der Waals surface area contributed by atoms with Crippen molar-refractivity contribution < 1.29 is 28.7 Å². The molecule has 0 aromatic rings. The van der Waals surface area contributed by atoms with Gasteiger partial charge in [0.1, 0.15) is 11.8 Å². The predicted octanol–water partition coefficient (Wildman–Crippen LogP) is 4.22. The summed E-state index contributed by atoms with van der Waals surface area (Å²) in [4.78, 5) is 47.2. The van der Waals surface area contributed by atoms with Crippen LogP contribution < -0.4 is 5.32 Å². The monoisotopic (exact) mass is 441 g/mol. The fourth-order valence-corrected chi connectivity index (χ4v) is 3.28. The van der Waals surface area contributed by atoms with E-state index in [4.69, 9.17) is 9.47 Å². The Balaban J connectivity index is 4.07. The van der Waals surface area contributed by atoms with Crippen LogP contribution in [0.2, 0.25) is 0 Å². The van der Waals surface area contributed by atoms with Crippen LogP contribution in [-0.2, 0) is 28.7 Å². The Kier molecular flexibility index (Phi) is 15.7. The highest BCUT2D eigenvalue weighted by atomic mass is 16.5. The van der Waals surface area contributed by atoms with Gasteiger partial charge >= 0.3 is 11.9 Å². The number of carbonyl (C=O) groups is 4. The van der Waals surface area contributed by atoms with Crippen LogP contribution in [0.25, 0.3) is 0 Å². The van der Waals surface area contributed by atoms with Crippen molar-refractivity contribution in [2.45, 2.75) is 99.0 Å². The number of unbranched alkanes of at least 4 members (excludes halogenated alkanes) is 3. The lowest BCUT2D eigenvalue weighted by atomic mass is 9.95. The number of ketones is 1. The van der Waals surface area contributed by atoms with Gasteiger partial charge in [-0.1, -0.05) is 34.6 Å². The molecule has 0 aliphatic carbocycles. The number of Topliss-reactive ketones (excluding diaryl/α,β-unsaturated/α-hetero) is 1. The fraction of sp³-hybridized carbons (Fsp3) is 0.833. The van der Waals surface area contributed by atoms with E-state index in [0.29, 0.717) is 25.4 Å². The first kappa shape index (κ1) is 29.1.